The van der Waals surface area contributed by atoms with Crippen LogP contribution in [0.25, 0.3) is 0 Å². The zero-order chi connectivity index (χ0) is 15.6. The Morgan fingerprint density at radius 3 is 2.38 bits per heavy atom. The van der Waals surface area contributed by atoms with Gasteiger partial charge in [0.15, 0.2) is 0 Å². The van der Waals surface area contributed by atoms with Crippen molar-refractivity contribution in [3.63, 3.8) is 0 Å². The van der Waals surface area contributed by atoms with Crippen LogP contribution in [0, 0.1) is 0 Å². The third-order valence-electron chi connectivity index (χ3n) is 2.84. The lowest BCUT2D eigenvalue weighted by Gasteiger charge is -2.13. The summed E-state index contributed by atoms with van der Waals surface area (Å²) in [6.45, 7) is 0.0877. The summed E-state index contributed by atoms with van der Waals surface area (Å²) >= 11 is 11.5. The molecule has 0 saturated heterocycles. The predicted molar refractivity (Wildman–Crippen MR) is 76.9 cm³/mol. The highest BCUT2D eigenvalue weighted by atomic mass is 35.5. The Hall–Kier alpha value is -1.59. The fraction of sp³-hybridized carbons (Fsp3) is 0.143. The van der Waals surface area contributed by atoms with Gasteiger partial charge in [0.05, 0.1) is 10.6 Å². The van der Waals surface area contributed by atoms with Crippen molar-refractivity contribution < 1.29 is 18.3 Å². The molecule has 0 atom stereocenters. The maximum absolute atomic E-state index is 12.7. The quantitative estimate of drug-likeness (QED) is 0.794. The molecule has 0 spiro atoms. The second-order valence-electron chi connectivity index (χ2n) is 4.28. The Balaban J connectivity index is 2.22. The molecule has 112 valence electrons. The molecule has 0 heterocycles. The number of phenols is 1. The largest absolute Gasteiger partial charge is 0.508 e. The van der Waals surface area contributed by atoms with Crippen LogP contribution < -0.4 is 5.32 Å². The van der Waals surface area contributed by atoms with E-state index >= 15 is 0 Å². The summed E-state index contributed by atoms with van der Waals surface area (Å²) in [7, 11) is 0. The van der Waals surface area contributed by atoms with Crippen molar-refractivity contribution in [3.8, 4) is 5.75 Å². The average molecular weight is 336 g/mol. The summed E-state index contributed by atoms with van der Waals surface area (Å²) in [6.07, 6.45) is -4.53. The maximum atomic E-state index is 12.7. The molecule has 0 saturated carbocycles. The molecular formula is C14H10Cl2F3NO. The molecule has 21 heavy (non-hydrogen) atoms. The van der Waals surface area contributed by atoms with Crippen molar-refractivity contribution in [3.05, 3.63) is 57.6 Å². The van der Waals surface area contributed by atoms with Crippen LogP contribution >= 0.6 is 23.2 Å². The highest BCUT2D eigenvalue weighted by Gasteiger charge is 2.33. The van der Waals surface area contributed by atoms with Gasteiger partial charge in [-0.25, -0.2) is 0 Å². The first kappa shape index (κ1) is 15.8. The molecule has 0 aliphatic carbocycles. The molecule has 7 heteroatoms. The normalized spacial score (nSPS) is 11.5. The first-order chi connectivity index (χ1) is 9.79. The van der Waals surface area contributed by atoms with E-state index in [-0.39, 0.29) is 23.0 Å². The Kier molecular flexibility index (Phi) is 4.54. The van der Waals surface area contributed by atoms with Crippen molar-refractivity contribution in [1.82, 2.24) is 0 Å². The van der Waals surface area contributed by atoms with Gasteiger partial charge in [-0.05, 0) is 30.3 Å². The van der Waals surface area contributed by atoms with Crippen molar-refractivity contribution in [2.75, 3.05) is 5.32 Å². The predicted octanol–water partition coefficient (Wildman–Crippen LogP) is 5.33. The highest BCUT2D eigenvalue weighted by molar-refractivity contribution is 6.31. The highest BCUT2D eigenvalue weighted by Crippen LogP contribution is 2.36. The van der Waals surface area contributed by atoms with E-state index < -0.39 is 11.7 Å². The van der Waals surface area contributed by atoms with Gasteiger partial charge in [-0.15, -0.1) is 0 Å². The van der Waals surface area contributed by atoms with Crippen LogP contribution in [0.3, 0.4) is 0 Å². The van der Waals surface area contributed by atoms with Crippen LogP contribution in [0.5, 0.6) is 5.75 Å². The number of hydrogen-bond acceptors (Lipinski definition) is 2. The molecule has 0 bridgehead atoms. The van der Waals surface area contributed by atoms with Gasteiger partial charge in [-0.1, -0.05) is 29.3 Å². The van der Waals surface area contributed by atoms with E-state index in [4.69, 9.17) is 23.2 Å². The number of aromatic hydroxyl groups is 1. The van der Waals surface area contributed by atoms with Gasteiger partial charge >= 0.3 is 6.18 Å². The van der Waals surface area contributed by atoms with Gasteiger partial charge in [0, 0.05) is 22.8 Å². The van der Waals surface area contributed by atoms with Crippen LogP contribution in [0.15, 0.2) is 36.4 Å². The van der Waals surface area contributed by atoms with Gasteiger partial charge in [-0.2, -0.15) is 13.2 Å². The minimum Gasteiger partial charge on any atom is -0.508 e. The molecule has 2 nitrogen and oxygen atoms in total. The van der Waals surface area contributed by atoms with E-state index in [1.54, 1.807) is 12.1 Å². The van der Waals surface area contributed by atoms with Gasteiger partial charge in [0.1, 0.15) is 5.75 Å². The molecule has 0 aliphatic rings. The summed E-state index contributed by atoms with van der Waals surface area (Å²) in [4.78, 5) is 0. The summed E-state index contributed by atoms with van der Waals surface area (Å²) in [5.74, 6) is -0.0278. The minimum absolute atomic E-state index is 0.0278. The third kappa shape index (κ3) is 3.74. The number of hydrogen-bond donors (Lipinski definition) is 2. The molecule has 0 fully saturated rings. The van der Waals surface area contributed by atoms with Crippen LogP contribution in [-0.2, 0) is 12.7 Å². The lowest BCUT2D eigenvalue weighted by Crippen LogP contribution is -2.07. The number of phenolic OH excluding ortho intramolecular Hbond substituents is 1. The number of anilines is 1. The van der Waals surface area contributed by atoms with Crippen molar-refractivity contribution in [2.45, 2.75) is 12.7 Å². The molecular weight excluding hydrogens is 326 g/mol. The number of halogens is 5. The summed E-state index contributed by atoms with van der Waals surface area (Å²) in [5, 5.41) is 12.4. The zero-order valence-electron chi connectivity index (χ0n) is 10.5. The van der Waals surface area contributed by atoms with E-state index in [1.807, 2.05) is 0 Å². The number of benzene rings is 2. The smallest absolute Gasteiger partial charge is 0.417 e. The van der Waals surface area contributed by atoms with E-state index in [0.717, 1.165) is 6.07 Å². The fourth-order valence-corrected chi connectivity index (χ4v) is 2.23. The SMILES string of the molecule is Oc1cccc(Cl)c1CNc1ccc(Cl)c(C(F)(F)F)c1. The molecule has 0 aliphatic heterocycles. The number of alkyl halides is 3. The Morgan fingerprint density at radius 1 is 1.05 bits per heavy atom. The van der Waals surface area contributed by atoms with Gasteiger partial charge in [-0.3, -0.25) is 0 Å². The summed E-state index contributed by atoms with van der Waals surface area (Å²) in [5.41, 5.74) is -0.286. The first-order valence-electron chi connectivity index (χ1n) is 5.86. The molecule has 0 unspecified atom stereocenters. The number of nitrogens with one attached hydrogen (secondary N) is 1. The molecule has 0 radical (unpaired) electrons. The van der Waals surface area contributed by atoms with Gasteiger partial charge in [0.25, 0.3) is 0 Å². The molecule has 0 aromatic heterocycles. The number of rotatable bonds is 3. The lowest BCUT2D eigenvalue weighted by atomic mass is 10.1. The van der Waals surface area contributed by atoms with Crippen molar-refractivity contribution >= 4 is 28.9 Å². The van der Waals surface area contributed by atoms with Crippen LogP contribution in [0.4, 0.5) is 18.9 Å². The average Bonchev–Trinajstić information content (AvgIpc) is 2.38. The van der Waals surface area contributed by atoms with Crippen LogP contribution in [-0.4, -0.2) is 5.11 Å². The summed E-state index contributed by atoms with van der Waals surface area (Å²) < 4.78 is 38.2. The van der Waals surface area contributed by atoms with Crippen molar-refractivity contribution in [1.29, 1.82) is 0 Å². The van der Waals surface area contributed by atoms with Crippen LogP contribution in [0.2, 0.25) is 10.0 Å². The van der Waals surface area contributed by atoms with Crippen molar-refractivity contribution in [2.24, 2.45) is 0 Å². The minimum atomic E-state index is -4.53. The third-order valence-corrected chi connectivity index (χ3v) is 3.52. The molecule has 2 aromatic rings. The monoisotopic (exact) mass is 335 g/mol. The fourth-order valence-electron chi connectivity index (χ4n) is 1.77. The maximum Gasteiger partial charge on any atom is 0.417 e. The Morgan fingerprint density at radius 2 is 1.76 bits per heavy atom. The van der Waals surface area contributed by atoms with Gasteiger partial charge in [0.2, 0.25) is 0 Å². The molecule has 2 aromatic carbocycles. The molecule has 2 rings (SSSR count). The Labute approximate surface area is 129 Å². The second kappa shape index (κ2) is 6.03. The van der Waals surface area contributed by atoms with Gasteiger partial charge < -0.3 is 10.4 Å². The topological polar surface area (TPSA) is 32.3 Å². The standard InChI is InChI=1S/C14H10Cl2F3NO/c15-11-2-1-3-13(21)9(11)7-20-8-4-5-12(16)10(6-8)14(17,18)19/h1-6,20-21H,7H2. The van der Waals surface area contributed by atoms with E-state index in [0.29, 0.717) is 10.6 Å². The second-order valence-corrected chi connectivity index (χ2v) is 5.10. The van der Waals surface area contributed by atoms with Crippen LogP contribution in [0.1, 0.15) is 11.1 Å². The lowest BCUT2D eigenvalue weighted by molar-refractivity contribution is -0.137. The van der Waals surface area contributed by atoms with E-state index in [9.17, 15) is 18.3 Å². The van der Waals surface area contributed by atoms with E-state index in [2.05, 4.69) is 5.32 Å². The Bertz CT molecular complexity index is 639. The molecule has 0 amide bonds. The molecule has 2 N–H and O–H groups in total. The van der Waals surface area contributed by atoms with E-state index in [1.165, 1.54) is 18.2 Å². The zero-order valence-corrected chi connectivity index (χ0v) is 12.0. The summed E-state index contributed by atoms with van der Waals surface area (Å²) in [6, 6.07) is 8.11. The first-order valence-corrected chi connectivity index (χ1v) is 6.61.